The molecule has 5 heterocycles. The molecule has 0 aromatic carbocycles. The standard InChI is InChI=1S/C18H23N5O2S/c1-2-3-13-6-16(21-20-13)18(25)22-7-12-4-5-15(9-22)23(17(12)24)8-14-10-26-11-19-14/h6,10-12,15H,2-5,7-9H2,1H3,(H,20,21)/t12-,15+/m0/s1. The van der Waals surface area contributed by atoms with E-state index >= 15 is 0 Å². The Morgan fingerprint density at radius 1 is 1.38 bits per heavy atom. The number of aromatic nitrogens is 3. The summed E-state index contributed by atoms with van der Waals surface area (Å²) < 4.78 is 0. The number of hydrogen-bond acceptors (Lipinski definition) is 5. The van der Waals surface area contributed by atoms with Crippen molar-refractivity contribution in [2.24, 2.45) is 5.92 Å². The third-order valence-corrected chi connectivity index (χ3v) is 5.90. The van der Waals surface area contributed by atoms with E-state index in [1.807, 2.05) is 21.2 Å². The molecule has 2 aromatic rings. The molecule has 0 unspecified atom stereocenters. The number of aryl methyl sites for hydroxylation is 1. The van der Waals surface area contributed by atoms with Crippen molar-refractivity contribution >= 4 is 23.2 Å². The van der Waals surface area contributed by atoms with Crippen LogP contribution in [0.1, 0.15) is 48.1 Å². The molecule has 0 radical (unpaired) electrons. The van der Waals surface area contributed by atoms with E-state index in [1.165, 1.54) is 11.3 Å². The second kappa shape index (κ2) is 7.19. The highest BCUT2D eigenvalue weighted by Gasteiger charge is 2.42. The quantitative estimate of drug-likeness (QED) is 0.870. The third-order valence-electron chi connectivity index (χ3n) is 5.27. The van der Waals surface area contributed by atoms with Crippen LogP contribution in [-0.4, -0.2) is 55.9 Å². The molecule has 2 aromatic heterocycles. The van der Waals surface area contributed by atoms with Gasteiger partial charge in [-0.05, 0) is 25.3 Å². The van der Waals surface area contributed by atoms with Crippen LogP contribution in [0.15, 0.2) is 17.0 Å². The minimum Gasteiger partial charge on any atom is -0.334 e. The number of amides is 2. The van der Waals surface area contributed by atoms with E-state index in [0.29, 0.717) is 25.3 Å². The van der Waals surface area contributed by atoms with Gasteiger partial charge in [0.1, 0.15) is 5.69 Å². The molecule has 2 amide bonds. The van der Waals surface area contributed by atoms with Crippen LogP contribution in [0.3, 0.4) is 0 Å². The number of H-pyrrole nitrogens is 1. The maximum absolute atomic E-state index is 12.9. The Morgan fingerprint density at radius 2 is 2.27 bits per heavy atom. The van der Waals surface area contributed by atoms with Gasteiger partial charge in [0, 0.05) is 30.2 Å². The van der Waals surface area contributed by atoms with Crippen molar-refractivity contribution in [1.29, 1.82) is 0 Å². The highest BCUT2D eigenvalue weighted by Crippen LogP contribution is 2.31. The predicted octanol–water partition coefficient (Wildman–Crippen LogP) is 2.08. The van der Waals surface area contributed by atoms with Gasteiger partial charge in [0.15, 0.2) is 0 Å². The van der Waals surface area contributed by atoms with E-state index in [4.69, 9.17) is 0 Å². The number of hydrogen-bond donors (Lipinski definition) is 1. The van der Waals surface area contributed by atoms with Gasteiger partial charge in [-0.2, -0.15) is 5.10 Å². The first kappa shape index (κ1) is 17.2. The fraction of sp³-hybridized carbons (Fsp3) is 0.556. The molecule has 7 nitrogen and oxygen atoms in total. The van der Waals surface area contributed by atoms with Crippen molar-refractivity contribution in [2.45, 2.75) is 45.2 Å². The van der Waals surface area contributed by atoms with E-state index in [2.05, 4.69) is 22.1 Å². The van der Waals surface area contributed by atoms with E-state index < -0.39 is 0 Å². The topological polar surface area (TPSA) is 82.2 Å². The smallest absolute Gasteiger partial charge is 0.274 e. The molecule has 26 heavy (non-hydrogen) atoms. The van der Waals surface area contributed by atoms with E-state index in [-0.39, 0.29) is 23.8 Å². The Labute approximate surface area is 156 Å². The SMILES string of the molecule is CCCc1cc(C(=O)N2C[C@@H]3CC[C@H](C2)N(Cc2cscn2)C3=O)n[nH]1. The van der Waals surface area contributed by atoms with Gasteiger partial charge < -0.3 is 9.80 Å². The molecule has 3 aliphatic rings. The highest BCUT2D eigenvalue weighted by atomic mass is 32.1. The number of carbonyl (C=O) groups is 2. The Hall–Kier alpha value is -2.22. The Balaban J connectivity index is 1.51. The lowest BCUT2D eigenvalue weighted by molar-refractivity contribution is -0.140. The fourth-order valence-corrected chi connectivity index (χ4v) is 4.48. The number of rotatable bonds is 5. The maximum Gasteiger partial charge on any atom is 0.274 e. The van der Waals surface area contributed by atoms with Gasteiger partial charge in [-0.1, -0.05) is 13.3 Å². The predicted molar refractivity (Wildman–Crippen MR) is 97.7 cm³/mol. The van der Waals surface area contributed by atoms with Crippen LogP contribution in [0.4, 0.5) is 0 Å². The van der Waals surface area contributed by atoms with Gasteiger partial charge in [0.25, 0.3) is 5.91 Å². The number of nitrogens with one attached hydrogen (secondary N) is 1. The molecule has 5 rings (SSSR count). The summed E-state index contributed by atoms with van der Waals surface area (Å²) in [7, 11) is 0. The number of nitrogens with zero attached hydrogens (tertiary/aromatic N) is 4. The summed E-state index contributed by atoms with van der Waals surface area (Å²) in [6.45, 7) is 3.69. The first-order chi connectivity index (χ1) is 12.7. The van der Waals surface area contributed by atoms with Crippen molar-refractivity contribution in [1.82, 2.24) is 25.0 Å². The summed E-state index contributed by atoms with van der Waals surface area (Å²) in [4.78, 5) is 33.8. The molecule has 3 fully saturated rings. The van der Waals surface area contributed by atoms with E-state index in [0.717, 1.165) is 37.1 Å². The molecule has 0 spiro atoms. The van der Waals surface area contributed by atoms with E-state index in [9.17, 15) is 9.59 Å². The van der Waals surface area contributed by atoms with E-state index in [1.54, 1.807) is 5.51 Å². The van der Waals surface area contributed by atoms with Crippen molar-refractivity contribution in [2.75, 3.05) is 13.1 Å². The Bertz CT molecular complexity index is 787. The average Bonchev–Trinajstić information content (AvgIpc) is 3.24. The summed E-state index contributed by atoms with van der Waals surface area (Å²) in [5, 5.41) is 9.11. The molecular weight excluding hydrogens is 350 g/mol. The summed E-state index contributed by atoms with van der Waals surface area (Å²) in [6.07, 6.45) is 3.67. The van der Waals surface area contributed by atoms with Gasteiger partial charge in [-0.25, -0.2) is 4.98 Å². The van der Waals surface area contributed by atoms with Crippen molar-refractivity contribution in [3.8, 4) is 0 Å². The van der Waals surface area contributed by atoms with Crippen molar-refractivity contribution in [3.63, 3.8) is 0 Å². The Morgan fingerprint density at radius 3 is 3.04 bits per heavy atom. The minimum absolute atomic E-state index is 0.0564. The Kier molecular flexibility index (Phi) is 4.76. The molecular formula is C18H23N5O2S. The van der Waals surface area contributed by atoms with Gasteiger partial charge in [0.2, 0.25) is 5.91 Å². The molecule has 0 aliphatic carbocycles. The largest absolute Gasteiger partial charge is 0.334 e. The lowest BCUT2D eigenvalue weighted by Crippen LogP contribution is -2.47. The molecule has 3 saturated heterocycles. The summed E-state index contributed by atoms with van der Waals surface area (Å²) in [6, 6.07) is 1.90. The summed E-state index contributed by atoms with van der Waals surface area (Å²) in [5.74, 6) is -0.0487. The monoisotopic (exact) mass is 373 g/mol. The van der Waals surface area contributed by atoms with Gasteiger partial charge in [0.05, 0.1) is 23.7 Å². The normalized spacial score (nSPS) is 22.7. The molecule has 8 heteroatoms. The molecule has 138 valence electrons. The number of thiazole rings is 1. The zero-order valence-electron chi connectivity index (χ0n) is 14.9. The zero-order chi connectivity index (χ0) is 18.1. The van der Waals surface area contributed by atoms with Crippen LogP contribution in [0.25, 0.3) is 0 Å². The number of fused-ring (bicyclic) bond motifs is 4. The lowest BCUT2D eigenvalue weighted by atomic mass is 9.94. The number of carbonyl (C=O) groups excluding carboxylic acids is 2. The molecule has 0 saturated carbocycles. The first-order valence-electron chi connectivity index (χ1n) is 9.16. The highest BCUT2D eigenvalue weighted by molar-refractivity contribution is 7.07. The minimum atomic E-state index is -0.120. The van der Waals surface area contributed by atoms with Gasteiger partial charge in [-0.15, -0.1) is 11.3 Å². The second-order valence-corrected chi connectivity index (χ2v) is 7.83. The molecule has 1 N–H and O–H groups in total. The maximum atomic E-state index is 12.9. The number of piperidine rings is 1. The van der Waals surface area contributed by atoms with Crippen LogP contribution < -0.4 is 0 Å². The fourth-order valence-electron chi connectivity index (χ4n) is 3.94. The molecule has 2 atom stereocenters. The van der Waals surface area contributed by atoms with Gasteiger partial charge >= 0.3 is 0 Å². The van der Waals surface area contributed by atoms with Crippen molar-refractivity contribution < 1.29 is 9.59 Å². The number of aromatic amines is 1. The van der Waals surface area contributed by atoms with Crippen LogP contribution in [0.5, 0.6) is 0 Å². The lowest BCUT2D eigenvalue weighted by Gasteiger charge is -2.35. The molecule has 2 bridgehead atoms. The van der Waals surface area contributed by atoms with Crippen LogP contribution in [0, 0.1) is 5.92 Å². The summed E-state index contributed by atoms with van der Waals surface area (Å²) >= 11 is 1.54. The first-order valence-corrected chi connectivity index (χ1v) is 10.1. The average molecular weight is 373 g/mol. The molecule has 3 aliphatic heterocycles. The van der Waals surface area contributed by atoms with Crippen LogP contribution >= 0.6 is 11.3 Å². The van der Waals surface area contributed by atoms with Gasteiger partial charge in [-0.3, -0.25) is 14.7 Å². The van der Waals surface area contributed by atoms with Crippen molar-refractivity contribution in [3.05, 3.63) is 34.0 Å². The summed E-state index contributed by atoms with van der Waals surface area (Å²) in [5.41, 5.74) is 4.14. The van der Waals surface area contributed by atoms with Crippen LogP contribution in [-0.2, 0) is 17.8 Å². The third kappa shape index (κ3) is 3.25. The van der Waals surface area contributed by atoms with Crippen LogP contribution in [0.2, 0.25) is 0 Å². The zero-order valence-corrected chi connectivity index (χ0v) is 15.7. The second-order valence-electron chi connectivity index (χ2n) is 7.11.